The van der Waals surface area contributed by atoms with Crippen LogP contribution in [-0.4, -0.2) is 36.3 Å². The van der Waals surface area contributed by atoms with E-state index in [1.165, 1.54) is 6.33 Å². The summed E-state index contributed by atoms with van der Waals surface area (Å²) in [6, 6.07) is 1.64. The second kappa shape index (κ2) is 6.33. The minimum atomic E-state index is 0.509. The second-order valence-corrected chi connectivity index (χ2v) is 2.50. The van der Waals surface area contributed by atoms with Gasteiger partial charge in [0.05, 0.1) is 13.2 Å². The van der Waals surface area contributed by atoms with E-state index in [1.54, 1.807) is 12.3 Å². The number of morpholine rings is 1. The summed E-state index contributed by atoms with van der Waals surface area (Å²) >= 11 is 0. The Morgan fingerprint density at radius 3 is 2.38 bits per heavy atom. The molecule has 1 saturated heterocycles. The molecule has 1 aromatic rings. The molecule has 1 aliphatic heterocycles. The number of nitrogens with two attached hydrogens (primary N) is 1. The molecule has 5 nitrogen and oxygen atoms in total. The highest BCUT2D eigenvalue weighted by molar-refractivity contribution is 5.22. The SMILES string of the molecule is C1COCCN1.Nc1ccncn1. The molecule has 0 unspecified atom stereocenters. The van der Waals surface area contributed by atoms with Gasteiger partial charge in [-0.25, -0.2) is 9.97 Å². The van der Waals surface area contributed by atoms with Gasteiger partial charge < -0.3 is 15.8 Å². The fourth-order valence-corrected chi connectivity index (χ4v) is 0.817. The van der Waals surface area contributed by atoms with Crippen molar-refractivity contribution in [2.24, 2.45) is 0 Å². The summed E-state index contributed by atoms with van der Waals surface area (Å²) in [5, 5.41) is 3.16. The third-order valence-electron chi connectivity index (χ3n) is 1.45. The highest BCUT2D eigenvalue weighted by Gasteiger charge is 1.92. The number of nitrogens with zero attached hydrogens (tertiary/aromatic N) is 2. The van der Waals surface area contributed by atoms with Crippen LogP contribution in [-0.2, 0) is 4.74 Å². The number of aromatic nitrogens is 2. The highest BCUT2D eigenvalue weighted by atomic mass is 16.5. The molecule has 0 atom stereocenters. The van der Waals surface area contributed by atoms with Gasteiger partial charge in [0, 0.05) is 19.3 Å². The number of nitrogens with one attached hydrogen (secondary N) is 1. The molecule has 0 saturated carbocycles. The van der Waals surface area contributed by atoms with Crippen LogP contribution in [0.1, 0.15) is 0 Å². The Kier molecular flexibility index (Phi) is 4.81. The van der Waals surface area contributed by atoms with Crippen molar-refractivity contribution in [1.29, 1.82) is 0 Å². The Morgan fingerprint density at radius 1 is 1.38 bits per heavy atom. The summed E-state index contributed by atoms with van der Waals surface area (Å²) in [4.78, 5) is 7.30. The zero-order chi connectivity index (χ0) is 9.36. The van der Waals surface area contributed by atoms with Crippen LogP contribution in [0.4, 0.5) is 5.82 Å². The second-order valence-electron chi connectivity index (χ2n) is 2.50. The lowest BCUT2D eigenvalue weighted by Crippen LogP contribution is -2.30. The molecule has 72 valence electrons. The van der Waals surface area contributed by atoms with Gasteiger partial charge in [0.1, 0.15) is 12.1 Å². The van der Waals surface area contributed by atoms with Crippen molar-refractivity contribution in [3.8, 4) is 0 Å². The van der Waals surface area contributed by atoms with E-state index < -0.39 is 0 Å². The average Bonchev–Trinajstić information content (AvgIpc) is 2.22. The molecule has 3 N–H and O–H groups in total. The van der Waals surface area contributed by atoms with Crippen molar-refractivity contribution in [3.63, 3.8) is 0 Å². The van der Waals surface area contributed by atoms with E-state index in [0.717, 1.165) is 26.3 Å². The molecule has 0 bridgehead atoms. The van der Waals surface area contributed by atoms with E-state index in [-0.39, 0.29) is 0 Å². The lowest BCUT2D eigenvalue weighted by atomic mass is 10.5. The fraction of sp³-hybridized carbons (Fsp3) is 0.500. The van der Waals surface area contributed by atoms with Crippen molar-refractivity contribution in [1.82, 2.24) is 15.3 Å². The standard InChI is InChI=1S/C4H5N3.C4H9NO/c5-4-1-2-6-3-7-4;1-3-6-4-2-5-1/h1-3H,(H2,5,6,7);5H,1-4H2. The summed E-state index contributed by atoms with van der Waals surface area (Å²) < 4.78 is 5.01. The number of ether oxygens (including phenoxy) is 1. The third kappa shape index (κ3) is 5.10. The minimum absolute atomic E-state index is 0.509. The van der Waals surface area contributed by atoms with Gasteiger partial charge in [-0.2, -0.15) is 0 Å². The van der Waals surface area contributed by atoms with Crippen LogP contribution in [0.5, 0.6) is 0 Å². The van der Waals surface area contributed by atoms with E-state index in [2.05, 4.69) is 15.3 Å². The maximum Gasteiger partial charge on any atom is 0.126 e. The Bertz CT molecular complexity index is 201. The number of hydrogen-bond acceptors (Lipinski definition) is 5. The average molecular weight is 182 g/mol. The highest BCUT2D eigenvalue weighted by Crippen LogP contribution is 1.85. The molecule has 1 aliphatic rings. The van der Waals surface area contributed by atoms with E-state index in [9.17, 15) is 0 Å². The summed E-state index contributed by atoms with van der Waals surface area (Å²) in [6.45, 7) is 3.83. The summed E-state index contributed by atoms with van der Waals surface area (Å²) in [6.07, 6.45) is 3.01. The van der Waals surface area contributed by atoms with Crippen molar-refractivity contribution in [2.75, 3.05) is 32.0 Å². The first kappa shape index (κ1) is 9.88. The summed E-state index contributed by atoms with van der Waals surface area (Å²) in [7, 11) is 0. The lowest BCUT2D eigenvalue weighted by Gasteiger charge is -2.10. The topological polar surface area (TPSA) is 73.1 Å². The molecule has 13 heavy (non-hydrogen) atoms. The van der Waals surface area contributed by atoms with Gasteiger partial charge in [0.2, 0.25) is 0 Å². The Hall–Kier alpha value is -1.20. The molecular weight excluding hydrogens is 168 g/mol. The maximum absolute atomic E-state index is 5.21. The maximum atomic E-state index is 5.21. The summed E-state index contributed by atoms with van der Waals surface area (Å²) in [5.74, 6) is 0.509. The predicted molar refractivity (Wildman–Crippen MR) is 50.1 cm³/mol. The zero-order valence-corrected chi connectivity index (χ0v) is 7.44. The fourth-order valence-electron chi connectivity index (χ4n) is 0.817. The quantitative estimate of drug-likeness (QED) is 0.574. The van der Waals surface area contributed by atoms with Gasteiger partial charge in [-0.15, -0.1) is 0 Å². The monoisotopic (exact) mass is 182 g/mol. The van der Waals surface area contributed by atoms with E-state index in [4.69, 9.17) is 10.5 Å². The molecular formula is C8H14N4O. The van der Waals surface area contributed by atoms with Crippen LogP contribution in [0.3, 0.4) is 0 Å². The lowest BCUT2D eigenvalue weighted by molar-refractivity contribution is 0.109. The smallest absolute Gasteiger partial charge is 0.126 e. The van der Waals surface area contributed by atoms with Crippen molar-refractivity contribution < 1.29 is 4.74 Å². The number of anilines is 1. The molecule has 2 heterocycles. The van der Waals surface area contributed by atoms with Gasteiger partial charge >= 0.3 is 0 Å². The Morgan fingerprint density at radius 2 is 2.15 bits per heavy atom. The van der Waals surface area contributed by atoms with Crippen LogP contribution in [0.15, 0.2) is 18.6 Å². The number of rotatable bonds is 0. The third-order valence-corrected chi connectivity index (χ3v) is 1.45. The van der Waals surface area contributed by atoms with Crippen LogP contribution in [0, 0.1) is 0 Å². The molecule has 0 amide bonds. The Labute approximate surface area is 77.3 Å². The van der Waals surface area contributed by atoms with E-state index in [0.29, 0.717) is 5.82 Å². The number of nitrogen functional groups attached to an aromatic ring is 1. The van der Waals surface area contributed by atoms with Crippen LogP contribution >= 0.6 is 0 Å². The predicted octanol–water partition coefficient (Wildman–Crippen LogP) is -0.335. The first-order valence-electron chi connectivity index (χ1n) is 4.19. The molecule has 1 aromatic heterocycles. The van der Waals surface area contributed by atoms with Gasteiger partial charge in [-0.05, 0) is 6.07 Å². The van der Waals surface area contributed by atoms with Crippen LogP contribution < -0.4 is 11.1 Å². The van der Waals surface area contributed by atoms with Gasteiger partial charge in [0.15, 0.2) is 0 Å². The molecule has 0 spiro atoms. The van der Waals surface area contributed by atoms with Gasteiger partial charge in [-0.3, -0.25) is 0 Å². The van der Waals surface area contributed by atoms with Crippen molar-refractivity contribution >= 4 is 5.82 Å². The summed E-state index contributed by atoms with van der Waals surface area (Å²) in [5.41, 5.74) is 5.21. The first-order valence-corrected chi connectivity index (χ1v) is 4.19. The molecule has 2 rings (SSSR count). The van der Waals surface area contributed by atoms with Gasteiger partial charge in [0.25, 0.3) is 0 Å². The van der Waals surface area contributed by atoms with E-state index >= 15 is 0 Å². The first-order chi connectivity index (χ1) is 6.39. The van der Waals surface area contributed by atoms with Gasteiger partial charge in [-0.1, -0.05) is 0 Å². The normalized spacial score (nSPS) is 15.7. The van der Waals surface area contributed by atoms with E-state index in [1.807, 2.05) is 0 Å². The minimum Gasteiger partial charge on any atom is -0.384 e. The molecule has 1 fully saturated rings. The van der Waals surface area contributed by atoms with Crippen LogP contribution in [0.25, 0.3) is 0 Å². The van der Waals surface area contributed by atoms with Crippen molar-refractivity contribution in [3.05, 3.63) is 18.6 Å². The number of hydrogen-bond donors (Lipinski definition) is 2. The molecule has 0 aliphatic carbocycles. The van der Waals surface area contributed by atoms with Crippen LogP contribution in [0.2, 0.25) is 0 Å². The molecule has 5 heteroatoms. The largest absolute Gasteiger partial charge is 0.384 e. The zero-order valence-electron chi connectivity index (χ0n) is 7.44. The molecule has 0 aromatic carbocycles. The Balaban J connectivity index is 0.000000132. The molecule has 0 radical (unpaired) electrons. The van der Waals surface area contributed by atoms with Crippen molar-refractivity contribution in [2.45, 2.75) is 0 Å².